The number of halogens is 3. The zero-order chi connectivity index (χ0) is 22.6. The van der Waals surface area contributed by atoms with Crippen molar-refractivity contribution in [2.45, 2.75) is 44.8 Å². The van der Waals surface area contributed by atoms with Gasteiger partial charge in [0.05, 0.1) is 12.5 Å². The van der Waals surface area contributed by atoms with Crippen LogP contribution in [-0.4, -0.2) is 66.2 Å². The third kappa shape index (κ3) is 6.12. The summed E-state index contributed by atoms with van der Waals surface area (Å²) in [5.41, 5.74) is 1.28. The first kappa shape index (κ1) is 23.4. The van der Waals surface area contributed by atoms with Crippen LogP contribution in [0.4, 0.5) is 13.2 Å². The average molecular weight is 442 g/mol. The zero-order valence-electron chi connectivity index (χ0n) is 17.7. The smallest absolute Gasteiger partial charge is 0.490 e. The number of aliphatic carboxylic acids is 1. The first-order chi connectivity index (χ1) is 14.6. The fourth-order valence-electron chi connectivity index (χ4n) is 4.27. The predicted octanol–water partition coefficient (Wildman–Crippen LogP) is 3.55. The Labute approximate surface area is 180 Å². The van der Waals surface area contributed by atoms with E-state index in [0.717, 1.165) is 63.7 Å². The van der Waals surface area contributed by atoms with E-state index in [0.29, 0.717) is 5.91 Å². The Balaban J connectivity index is 0.000000339. The van der Waals surface area contributed by atoms with Gasteiger partial charge in [0.15, 0.2) is 0 Å². The average Bonchev–Trinajstić information content (AvgIpc) is 3.51. The van der Waals surface area contributed by atoms with Crippen LogP contribution in [0.15, 0.2) is 24.3 Å². The molecule has 172 valence electrons. The van der Waals surface area contributed by atoms with E-state index in [1.165, 1.54) is 18.4 Å². The molecule has 31 heavy (non-hydrogen) atoms. The summed E-state index contributed by atoms with van der Waals surface area (Å²) in [7, 11) is 1.70. The molecule has 1 amide bonds. The van der Waals surface area contributed by atoms with Crippen LogP contribution in [0.5, 0.6) is 5.75 Å². The van der Waals surface area contributed by atoms with Gasteiger partial charge in [0.2, 0.25) is 5.91 Å². The SMILES string of the molecule is COc1ccc(CN2CCC3(CC2)CCN(CC2CC2)C3=O)cc1.O=C(O)C(F)(F)F. The number of piperidine rings is 1. The fourth-order valence-corrected chi connectivity index (χ4v) is 4.27. The van der Waals surface area contributed by atoms with Crippen LogP contribution in [0.3, 0.4) is 0 Å². The van der Waals surface area contributed by atoms with Crippen molar-refractivity contribution in [1.82, 2.24) is 9.80 Å². The molecule has 0 unspecified atom stereocenters. The lowest BCUT2D eigenvalue weighted by Crippen LogP contribution is -2.44. The Hall–Kier alpha value is -2.29. The van der Waals surface area contributed by atoms with Gasteiger partial charge in [-0.3, -0.25) is 9.69 Å². The number of rotatable bonds is 5. The molecule has 0 bridgehead atoms. The van der Waals surface area contributed by atoms with Gasteiger partial charge in [-0.05, 0) is 68.8 Å². The molecule has 1 aromatic carbocycles. The van der Waals surface area contributed by atoms with Crippen molar-refractivity contribution in [3.8, 4) is 5.75 Å². The first-order valence-corrected chi connectivity index (χ1v) is 10.6. The van der Waals surface area contributed by atoms with Crippen LogP contribution >= 0.6 is 0 Å². The summed E-state index contributed by atoms with van der Waals surface area (Å²) in [6, 6.07) is 8.33. The topological polar surface area (TPSA) is 70.1 Å². The van der Waals surface area contributed by atoms with Crippen LogP contribution in [0.1, 0.15) is 37.7 Å². The monoisotopic (exact) mass is 442 g/mol. The quantitative estimate of drug-likeness (QED) is 0.755. The number of amides is 1. The predicted molar refractivity (Wildman–Crippen MR) is 108 cm³/mol. The van der Waals surface area contributed by atoms with Crippen molar-refractivity contribution < 1.29 is 32.6 Å². The summed E-state index contributed by atoms with van der Waals surface area (Å²) in [5.74, 6) is -0.589. The summed E-state index contributed by atoms with van der Waals surface area (Å²) in [4.78, 5) is 26.4. The molecule has 2 saturated heterocycles. The van der Waals surface area contributed by atoms with E-state index in [2.05, 4.69) is 21.9 Å². The molecule has 1 aliphatic carbocycles. The second kappa shape index (κ2) is 9.46. The van der Waals surface area contributed by atoms with Crippen LogP contribution in [0, 0.1) is 11.3 Å². The van der Waals surface area contributed by atoms with Gasteiger partial charge in [0, 0.05) is 19.6 Å². The maximum absolute atomic E-state index is 12.9. The van der Waals surface area contributed by atoms with Crippen LogP contribution in [0.25, 0.3) is 0 Å². The molecule has 0 aromatic heterocycles. The third-order valence-electron chi connectivity index (χ3n) is 6.40. The highest BCUT2D eigenvalue weighted by molar-refractivity contribution is 5.85. The molecule has 0 atom stereocenters. The van der Waals surface area contributed by atoms with E-state index >= 15 is 0 Å². The number of carbonyl (C=O) groups is 2. The molecule has 1 N–H and O–H groups in total. The summed E-state index contributed by atoms with van der Waals surface area (Å²) in [6.07, 6.45) is 0.708. The lowest BCUT2D eigenvalue weighted by molar-refractivity contribution is -0.192. The minimum Gasteiger partial charge on any atom is -0.497 e. The van der Waals surface area contributed by atoms with Gasteiger partial charge >= 0.3 is 12.1 Å². The van der Waals surface area contributed by atoms with Crippen molar-refractivity contribution in [2.24, 2.45) is 11.3 Å². The molecule has 2 heterocycles. The van der Waals surface area contributed by atoms with Gasteiger partial charge in [-0.1, -0.05) is 12.1 Å². The molecule has 3 fully saturated rings. The van der Waals surface area contributed by atoms with E-state index in [4.69, 9.17) is 14.6 Å². The maximum atomic E-state index is 12.9. The molecular formula is C22H29F3N2O4. The molecule has 9 heteroatoms. The maximum Gasteiger partial charge on any atom is 0.490 e. The first-order valence-electron chi connectivity index (χ1n) is 10.6. The lowest BCUT2D eigenvalue weighted by atomic mass is 9.77. The third-order valence-corrected chi connectivity index (χ3v) is 6.40. The van der Waals surface area contributed by atoms with Crippen molar-refractivity contribution in [2.75, 3.05) is 33.3 Å². The number of nitrogens with zero attached hydrogens (tertiary/aromatic N) is 2. The summed E-state index contributed by atoms with van der Waals surface area (Å²) in [5, 5.41) is 7.12. The number of carboxylic acids is 1. The molecule has 1 aromatic rings. The van der Waals surface area contributed by atoms with E-state index in [1.807, 2.05) is 12.1 Å². The number of carboxylic acid groups (broad SMARTS) is 1. The number of hydrogen-bond donors (Lipinski definition) is 1. The van der Waals surface area contributed by atoms with E-state index in [-0.39, 0.29) is 5.41 Å². The number of carbonyl (C=O) groups excluding carboxylic acids is 1. The molecule has 4 rings (SSSR count). The van der Waals surface area contributed by atoms with Crippen LogP contribution < -0.4 is 4.74 Å². The Kier molecular flexibility index (Phi) is 7.13. The summed E-state index contributed by atoms with van der Waals surface area (Å²) < 4.78 is 37.0. The van der Waals surface area contributed by atoms with Crippen molar-refractivity contribution in [1.29, 1.82) is 0 Å². The number of ether oxygens (including phenoxy) is 1. The normalized spacial score (nSPS) is 21.0. The van der Waals surface area contributed by atoms with Crippen molar-refractivity contribution in [3.05, 3.63) is 29.8 Å². The minimum atomic E-state index is -5.08. The van der Waals surface area contributed by atoms with Gasteiger partial charge in [-0.15, -0.1) is 0 Å². The van der Waals surface area contributed by atoms with Gasteiger partial charge in [0.25, 0.3) is 0 Å². The van der Waals surface area contributed by atoms with E-state index in [9.17, 15) is 18.0 Å². The Bertz CT molecular complexity index is 770. The van der Waals surface area contributed by atoms with Crippen LogP contribution in [0.2, 0.25) is 0 Å². The van der Waals surface area contributed by atoms with Gasteiger partial charge in [0.1, 0.15) is 5.75 Å². The van der Waals surface area contributed by atoms with E-state index in [1.54, 1.807) is 7.11 Å². The van der Waals surface area contributed by atoms with Crippen molar-refractivity contribution >= 4 is 11.9 Å². The number of likely N-dealkylation sites (tertiary alicyclic amines) is 2. The molecule has 0 radical (unpaired) electrons. The van der Waals surface area contributed by atoms with E-state index < -0.39 is 12.1 Å². The summed E-state index contributed by atoms with van der Waals surface area (Å²) in [6.45, 7) is 5.06. The number of hydrogen-bond acceptors (Lipinski definition) is 4. The number of methoxy groups -OCH3 is 1. The number of alkyl halides is 3. The Morgan fingerprint density at radius 1 is 1.13 bits per heavy atom. The minimum absolute atomic E-state index is 0.0364. The second-order valence-corrected chi connectivity index (χ2v) is 8.65. The lowest BCUT2D eigenvalue weighted by Gasteiger charge is -2.38. The standard InChI is InChI=1S/C20H28N2O2.C2HF3O2/c1-24-18-6-4-16(5-7-18)14-21-11-8-20(9-12-21)10-13-22(19(20)23)15-17-2-3-17;3-2(4,5)1(6)7/h4-7,17H,2-3,8-15H2,1H3;(H,6,7). The Morgan fingerprint density at radius 3 is 2.16 bits per heavy atom. The summed E-state index contributed by atoms with van der Waals surface area (Å²) >= 11 is 0. The highest BCUT2D eigenvalue weighted by atomic mass is 19.4. The van der Waals surface area contributed by atoms with Gasteiger partial charge < -0.3 is 14.7 Å². The Morgan fingerprint density at radius 2 is 1.68 bits per heavy atom. The molecule has 6 nitrogen and oxygen atoms in total. The second-order valence-electron chi connectivity index (χ2n) is 8.65. The number of benzene rings is 1. The van der Waals surface area contributed by atoms with Crippen molar-refractivity contribution in [3.63, 3.8) is 0 Å². The molecule has 1 saturated carbocycles. The fraction of sp³-hybridized carbons (Fsp3) is 0.636. The molecule has 1 spiro atoms. The van der Waals surface area contributed by atoms with Gasteiger partial charge in [-0.2, -0.15) is 13.2 Å². The van der Waals surface area contributed by atoms with Gasteiger partial charge in [-0.25, -0.2) is 4.79 Å². The zero-order valence-corrected chi connectivity index (χ0v) is 17.7. The van der Waals surface area contributed by atoms with Crippen LogP contribution in [-0.2, 0) is 16.1 Å². The highest BCUT2D eigenvalue weighted by Gasteiger charge is 2.48. The molecule has 2 aliphatic heterocycles. The highest BCUT2D eigenvalue weighted by Crippen LogP contribution is 2.43. The molecular weight excluding hydrogens is 413 g/mol. The largest absolute Gasteiger partial charge is 0.497 e. The molecule has 3 aliphatic rings.